The van der Waals surface area contributed by atoms with Crippen LogP contribution in [0.4, 0.5) is 22.0 Å². The summed E-state index contributed by atoms with van der Waals surface area (Å²) in [5.74, 6) is -15.1. The fourth-order valence-electron chi connectivity index (χ4n) is 1.76. The fourth-order valence-corrected chi connectivity index (χ4v) is 2.12. The van der Waals surface area contributed by atoms with Gasteiger partial charge in [-0.25, -0.2) is 13.2 Å². The maximum absolute atomic E-state index is 13.8. The highest BCUT2D eigenvalue weighted by atomic mass is 31.1. The summed E-state index contributed by atoms with van der Waals surface area (Å²) >= 11 is 0. The molecule has 0 aliphatic heterocycles. The Balaban J connectivity index is 2.43. The highest BCUT2D eigenvalue weighted by Gasteiger charge is 2.29. The number of carboxylic acid groups (broad SMARTS) is 1. The SMILES string of the molecule is C[C@@H](C(=O)O)N(Oc1ccccc1Oc1c(F)c(F)c(F)c(F)c1F)P=O. The summed E-state index contributed by atoms with van der Waals surface area (Å²) in [6, 6.07) is 3.40. The number of hydrogen-bond acceptors (Lipinski definition) is 4. The van der Waals surface area contributed by atoms with Crippen LogP contribution in [-0.4, -0.2) is 22.0 Å². The number of para-hydroxylation sites is 2. The van der Waals surface area contributed by atoms with Gasteiger partial charge in [-0.05, 0) is 23.9 Å². The monoisotopic (exact) mass is 409 g/mol. The molecule has 0 heterocycles. The molecule has 0 saturated carbocycles. The average molecular weight is 409 g/mol. The predicted molar refractivity (Wildman–Crippen MR) is 79.9 cm³/mol. The first kappa shape index (κ1) is 20.5. The number of carboxylic acids is 1. The zero-order valence-electron chi connectivity index (χ0n) is 13.3. The zero-order valence-corrected chi connectivity index (χ0v) is 14.1. The van der Waals surface area contributed by atoms with Gasteiger partial charge in [-0.1, -0.05) is 12.1 Å². The van der Waals surface area contributed by atoms with Gasteiger partial charge >= 0.3 is 5.97 Å². The van der Waals surface area contributed by atoms with E-state index in [1.807, 2.05) is 0 Å². The molecule has 0 aliphatic rings. The van der Waals surface area contributed by atoms with E-state index in [0.717, 1.165) is 19.1 Å². The lowest BCUT2D eigenvalue weighted by atomic mass is 10.2. The Morgan fingerprint density at radius 3 is 1.96 bits per heavy atom. The first-order valence-electron chi connectivity index (χ1n) is 7.00. The Morgan fingerprint density at radius 1 is 1.00 bits per heavy atom. The number of hydroxylamine groups is 1. The number of rotatable bonds is 7. The fraction of sp³-hybridized carbons (Fsp3) is 0.133. The summed E-state index contributed by atoms with van der Waals surface area (Å²) < 4.78 is 83.0. The summed E-state index contributed by atoms with van der Waals surface area (Å²) in [5.41, 5.74) is 0. The van der Waals surface area contributed by atoms with Crippen molar-refractivity contribution in [2.45, 2.75) is 13.0 Å². The van der Waals surface area contributed by atoms with Crippen LogP contribution in [0.25, 0.3) is 0 Å². The van der Waals surface area contributed by atoms with Crippen molar-refractivity contribution in [3.63, 3.8) is 0 Å². The van der Waals surface area contributed by atoms with E-state index in [4.69, 9.17) is 14.7 Å². The van der Waals surface area contributed by atoms with Gasteiger partial charge in [0, 0.05) is 0 Å². The van der Waals surface area contributed by atoms with Gasteiger partial charge in [-0.2, -0.15) is 8.78 Å². The van der Waals surface area contributed by atoms with E-state index in [2.05, 4.69) is 0 Å². The second kappa shape index (κ2) is 8.28. The lowest BCUT2D eigenvalue weighted by Gasteiger charge is -2.20. The Morgan fingerprint density at radius 2 is 1.48 bits per heavy atom. The topological polar surface area (TPSA) is 76.1 Å². The third-order valence-corrected chi connectivity index (χ3v) is 3.78. The van der Waals surface area contributed by atoms with Gasteiger partial charge in [-0.3, -0.25) is 9.36 Å². The van der Waals surface area contributed by atoms with E-state index in [1.54, 1.807) is 0 Å². The van der Waals surface area contributed by atoms with Crippen LogP contribution in [0.15, 0.2) is 24.3 Å². The van der Waals surface area contributed by atoms with Crippen LogP contribution in [0.5, 0.6) is 17.2 Å². The van der Waals surface area contributed by atoms with E-state index < -0.39 is 67.0 Å². The van der Waals surface area contributed by atoms with Gasteiger partial charge in [0.1, 0.15) is 0 Å². The van der Waals surface area contributed by atoms with Gasteiger partial charge < -0.3 is 14.7 Å². The molecule has 1 atom stereocenters. The van der Waals surface area contributed by atoms with Gasteiger partial charge in [-0.15, -0.1) is 0 Å². The van der Waals surface area contributed by atoms with Crippen LogP contribution in [0.2, 0.25) is 0 Å². The van der Waals surface area contributed by atoms with E-state index >= 15 is 0 Å². The minimum atomic E-state index is -2.35. The second-order valence-corrected chi connectivity index (χ2v) is 5.50. The molecule has 0 bridgehead atoms. The third kappa shape index (κ3) is 4.15. The lowest BCUT2D eigenvalue weighted by Crippen LogP contribution is -2.34. The quantitative estimate of drug-likeness (QED) is 0.240. The summed E-state index contributed by atoms with van der Waals surface area (Å²) in [7, 11) is -0.878. The zero-order chi connectivity index (χ0) is 20.3. The summed E-state index contributed by atoms with van der Waals surface area (Å²) in [4.78, 5) is 16.4. The van der Waals surface area contributed by atoms with E-state index in [9.17, 15) is 31.3 Å². The normalized spacial score (nSPS) is 12.3. The van der Waals surface area contributed by atoms with E-state index in [1.165, 1.54) is 12.1 Å². The Hall–Kier alpha value is -2.78. The standard InChI is InChI=1S/C15H9F5NO5P/c1-6(15(22)23)21(27-24)26-8-5-3-2-4-7(8)25-14-12(19)10(17)9(16)11(18)13(14)20/h2-6H,1H3,(H,22,23)/t6-/m0/s1. The molecule has 0 amide bonds. The molecule has 2 rings (SSSR count). The van der Waals surface area contributed by atoms with Crippen molar-refractivity contribution < 1.29 is 46.0 Å². The van der Waals surface area contributed by atoms with Gasteiger partial charge in [0.2, 0.25) is 34.8 Å². The number of nitrogens with zero attached hydrogens (tertiary/aromatic N) is 1. The summed E-state index contributed by atoms with van der Waals surface area (Å²) in [6.45, 7) is 1.13. The molecular formula is C15H9F5NO5P. The number of ether oxygens (including phenoxy) is 1. The van der Waals surface area contributed by atoms with Crippen LogP contribution in [-0.2, 0) is 9.36 Å². The number of benzene rings is 2. The molecule has 27 heavy (non-hydrogen) atoms. The van der Waals surface area contributed by atoms with Crippen molar-refractivity contribution in [3.05, 3.63) is 53.4 Å². The Labute approximate surface area is 149 Å². The van der Waals surface area contributed by atoms with Crippen LogP contribution in [0.3, 0.4) is 0 Å². The van der Waals surface area contributed by atoms with E-state index in [0.29, 0.717) is 4.83 Å². The maximum Gasteiger partial charge on any atom is 0.325 e. The van der Waals surface area contributed by atoms with Crippen LogP contribution in [0, 0.1) is 29.1 Å². The molecular weight excluding hydrogens is 400 g/mol. The maximum atomic E-state index is 13.8. The minimum absolute atomic E-state index is 0.391. The number of halogens is 5. The molecule has 2 aromatic rings. The highest BCUT2D eigenvalue weighted by molar-refractivity contribution is 7.20. The molecule has 0 aliphatic carbocycles. The van der Waals surface area contributed by atoms with Gasteiger partial charge in [0.05, 0.1) is 0 Å². The van der Waals surface area contributed by atoms with Crippen LogP contribution < -0.4 is 9.57 Å². The first-order chi connectivity index (χ1) is 12.7. The Bertz CT molecular complexity index is 868. The van der Waals surface area contributed by atoms with Crippen molar-refractivity contribution in [1.29, 1.82) is 0 Å². The van der Waals surface area contributed by atoms with Crippen LogP contribution in [0.1, 0.15) is 6.92 Å². The predicted octanol–water partition coefficient (Wildman–Crippen LogP) is 4.45. The molecule has 0 spiro atoms. The van der Waals surface area contributed by atoms with E-state index in [-0.39, 0.29) is 0 Å². The molecule has 0 radical (unpaired) electrons. The highest BCUT2D eigenvalue weighted by Crippen LogP contribution is 2.37. The molecule has 12 heteroatoms. The summed E-state index contributed by atoms with van der Waals surface area (Å²) in [5, 5.41) is 8.91. The number of aliphatic carboxylic acids is 1. The molecule has 0 unspecified atom stereocenters. The van der Waals surface area contributed by atoms with Crippen molar-refractivity contribution in [2.75, 3.05) is 0 Å². The molecule has 144 valence electrons. The largest absolute Gasteiger partial charge is 0.480 e. The minimum Gasteiger partial charge on any atom is -0.480 e. The molecule has 0 saturated heterocycles. The van der Waals surface area contributed by atoms with Crippen molar-refractivity contribution in [1.82, 2.24) is 4.83 Å². The molecule has 0 fully saturated rings. The third-order valence-electron chi connectivity index (χ3n) is 3.19. The van der Waals surface area contributed by atoms with Crippen molar-refractivity contribution in [3.8, 4) is 17.2 Å². The Kier molecular flexibility index (Phi) is 6.29. The first-order valence-corrected chi connectivity index (χ1v) is 7.77. The van der Waals surface area contributed by atoms with Crippen molar-refractivity contribution >= 4 is 14.6 Å². The average Bonchev–Trinajstić information content (AvgIpc) is 2.66. The number of hydrogen-bond donors (Lipinski definition) is 1. The van der Waals surface area contributed by atoms with Crippen molar-refractivity contribution in [2.24, 2.45) is 0 Å². The molecule has 0 aromatic heterocycles. The molecule has 1 N–H and O–H groups in total. The summed E-state index contributed by atoms with van der Waals surface area (Å²) in [6.07, 6.45) is 0. The molecule has 2 aromatic carbocycles. The van der Waals surface area contributed by atoms with Crippen LogP contribution >= 0.6 is 8.61 Å². The smallest absolute Gasteiger partial charge is 0.325 e. The van der Waals surface area contributed by atoms with Gasteiger partial charge in [0.25, 0.3) is 8.61 Å². The lowest BCUT2D eigenvalue weighted by molar-refractivity contribution is -0.147. The molecule has 6 nitrogen and oxygen atoms in total. The van der Waals surface area contributed by atoms with Gasteiger partial charge in [0.15, 0.2) is 17.5 Å². The number of carbonyl (C=O) groups is 1. The second-order valence-electron chi connectivity index (χ2n) is 4.94.